The van der Waals surface area contributed by atoms with Gasteiger partial charge in [-0.25, -0.2) is 0 Å². The maximum atomic E-state index is 6.67. The summed E-state index contributed by atoms with van der Waals surface area (Å²) in [6.45, 7) is 7.14. The van der Waals surface area contributed by atoms with Crippen molar-refractivity contribution in [2.24, 2.45) is 17.1 Å². The van der Waals surface area contributed by atoms with Crippen LogP contribution in [-0.2, 0) is 6.42 Å². The van der Waals surface area contributed by atoms with E-state index in [0.29, 0.717) is 5.41 Å². The first kappa shape index (κ1) is 16.0. The van der Waals surface area contributed by atoms with Gasteiger partial charge < -0.3 is 5.73 Å². The first-order valence-electron chi connectivity index (χ1n) is 7.88. The van der Waals surface area contributed by atoms with E-state index in [2.05, 4.69) is 61.0 Å². The second kappa shape index (κ2) is 6.19. The summed E-state index contributed by atoms with van der Waals surface area (Å²) in [7, 11) is 0. The Morgan fingerprint density at radius 1 is 1.30 bits per heavy atom. The molecule has 112 valence electrons. The van der Waals surface area contributed by atoms with Crippen molar-refractivity contribution in [3.05, 3.63) is 34.3 Å². The second-order valence-corrected chi connectivity index (χ2v) is 8.20. The lowest BCUT2D eigenvalue weighted by molar-refractivity contribution is 0.115. The molecule has 2 N–H and O–H groups in total. The Morgan fingerprint density at radius 2 is 1.95 bits per heavy atom. The molecule has 1 aliphatic rings. The van der Waals surface area contributed by atoms with Crippen LogP contribution in [0, 0.1) is 11.3 Å². The fourth-order valence-electron chi connectivity index (χ4n) is 3.49. The van der Waals surface area contributed by atoms with E-state index < -0.39 is 0 Å². The Morgan fingerprint density at radius 3 is 2.50 bits per heavy atom. The maximum Gasteiger partial charge on any atom is 0.0195 e. The van der Waals surface area contributed by atoms with Crippen LogP contribution in [-0.4, -0.2) is 5.54 Å². The molecule has 2 rings (SSSR count). The van der Waals surface area contributed by atoms with Crippen molar-refractivity contribution < 1.29 is 0 Å². The van der Waals surface area contributed by atoms with Crippen LogP contribution in [0.5, 0.6) is 0 Å². The predicted octanol–water partition coefficient (Wildman–Crippen LogP) is 5.32. The monoisotopic (exact) mass is 337 g/mol. The van der Waals surface area contributed by atoms with Gasteiger partial charge in [0, 0.05) is 10.0 Å². The maximum absolute atomic E-state index is 6.67. The summed E-state index contributed by atoms with van der Waals surface area (Å²) in [5, 5.41) is 0. The highest BCUT2D eigenvalue weighted by Gasteiger charge is 2.37. The van der Waals surface area contributed by atoms with Crippen molar-refractivity contribution in [1.29, 1.82) is 0 Å². The van der Waals surface area contributed by atoms with Crippen molar-refractivity contribution in [3.8, 4) is 0 Å². The molecule has 0 aromatic heterocycles. The fraction of sp³-hybridized carbons (Fsp3) is 0.667. The molecule has 1 saturated carbocycles. The molecule has 0 saturated heterocycles. The van der Waals surface area contributed by atoms with Gasteiger partial charge in [0.25, 0.3) is 0 Å². The van der Waals surface area contributed by atoms with E-state index in [9.17, 15) is 0 Å². The van der Waals surface area contributed by atoms with E-state index in [1.165, 1.54) is 24.8 Å². The van der Waals surface area contributed by atoms with Gasteiger partial charge in [-0.05, 0) is 61.1 Å². The standard InChI is InChI=1S/C18H28BrN/c1-4-17(2,3)15-8-10-18(20,11-9-15)13-14-6-5-7-16(19)12-14/h5-7,12,15H,4,8-11,13,20H2,1-3H3. The van der Waals surface area contributed by atoms with E-state index in [0.717, 1.165) is 29.7 Å². The molecular formula is C18H28BrN. The zero-order valence-corrected chi connectivity index (χ0v) is 14.7. The fourth-order valence-corrected chi connectivity index (χ4v) is 3.94. The molecule has 0 amide bonds. The van der Waals surface area contributed by atoms with E-state index in [4.69, 9.17) is 5.73 Å². The van der Waals surface area contributed by atoms with Gasteiger partial charge in [0.2, 0.25) is 0 Å². The molecule has 1 aliphatic carbocycles. The van der Waals surface area contributed by atoms with Crippen LogP contribution in [0.1, 0.15) is 58.4 Å². The van der Waals surface area contributed by atoms with Gasteiger partial charge in [-0.15, -0.1) is 0 Å². The largest absolute Gasteiger partial charge is 0.325 e. The topological polar surface area (TPSA) is 26.0 Å². The molecule has 0 radical (unpaired) electrons. The number of hydrogen-bond acceptors (Lipinski definition) is 1. The van der Waals surface area contributed by atoms with Crippen LogP contribution in [0.2, 0.25) is 0 Å². The number of halogens is 1. The summed E-state index contributed by atoms with van der Waals surface area (Å²) < 4.78 is 1.15. The molecule has 0 bridgehead atoms. The minimum Gasteiger partial charge on any atom is -0.325 e. The van der Waals surface area contributed by atoms with Gasteiger partial charge in [-0.1, -0.05) is 55.3 Å². The summed E-state index contributed by atoms with van der Waals surface area (Å²) in [5.41, 5.74) is 8.50. The number of rotatable bonds is 4. The Balaban J connectivity index is 1.98. The highest BCUT2D eigenvalue weighted by Crippen LogP contribution is 2.43. The van der Waals surface area contributed by atoms with Gasteiger partial charge in [0.15, 0.2) is 0 Å². The molecule has 0 unspecified atom stereocenters. The molecule has 0 heterocycles. The SMILES string of the molecule is CCC(C)(C)C1CCC(N)(Cc2cccc(Br)c2)CC1. The van der Waals surface area contributed by atoms with Crippen molar-refractivity contribution in [1.82, 2.24) is 0 Å². The van der Waals surface area contributed by atoms with Crippen LogP contribution in [0.25, 0.3) is 0 Å². The molecule has 0 atom stereocenters. The third-order valence-electron chi connectivity index (χ3n) is 5.44. The number of benzene rings is 1. The number of nitrogens with two attached hydrogens (primary N) is 1. The summed E-state index contributed by atoms with van der Waals surface area (Å²) in [6, 6.07) is 8.58. The van der Waals surface area contributed by atoms with Gasteiger partial charge in [-0.3, -0.25) is 0 Å². The zero-order valence-electron chi connectivity index (χ0n) is 13.1. The average molecular weight is 338 g/mol. The lowest BCUT2D eigenvalue weighted by Gasteiger charge is -2.43. The number of hydrogen-bond donors (Lipinski definition) is 1. The summed E-state index contributed by atoms with van der Waals surface area (Å²) in [5.74, 6) is 0.840. The van der Waals surface area contributed by atoms with Crippen LogP contribution in [0.15, 0.2) is 28.7 Å². The van der Waals surface area contributed by atoms with Crippen molar-refractivity contribution in [2.45, 2.75) is 64.8 Å². The molecule has 0 spiro atoms. The Labute approximate surface area is 132 Å². The summed E-state index contributed by atoms with van der Waals surface area (Å²) in [4.78, 5) is 0. The quantitative estimate of drug-likeness (QED) is 0.790. The third-order valence-corrected chi connectivity index (χ3v) is 5.94. The molecule has 1 aromatic carbocycles. The molecule has 1 aromatic rings. The van der Waals surface area contributed by atoms with E-state index in [-0.39, 0.29) is 5.54 Å². The van der Waals surface area contributed by atoms with Gasteiger partial charge in [-0.2, -0.15) is 0 Å². The van der Waals surface area contributed by atoms with E-state index in [1.54, 1.807) is 0 Å². The summed E-state index contributed by atoms with van der Waals surface area (Å²) >= 11 is 3.55. The van der Waals surface area contributed by atoms with E-state index in [1.807, 2.05) is 0 Å². The highest BCUT2D eigenvalue weighted by atomic mass is 79.9. The molecule has 1 nitrogen and oxygen atoms in total. The van der Waals surface area contributed by atoms with Gasteiger partial charge in [0.05, 0.1) is 0 Å². The van der Waals surface area contributed by atoms with Crippen LogP contribution in [0.3, 0.4) is 0 Å². The normalized spacial score (nSPS) is 27.6. The van der Waals surface area contributed by atoms with Crippen molar-refractivity contribution in [3.63, 3.8) is 0 Å². The van der Waals surface area contributed by atoms with Crippen LogP contribution >= 0.6 is 15.9 Å². The van der Waals surface area contributed by atoms with Crippen molar-refractivity contribution in [2.75, 3.05) is 0 Å². The van der Waals surface area contributed by atoms with Crippen LogP contribution in [0.4, 0.5) is 0 Å². The molecular weight excluding hydrogens is 310 g/mol. The Bertz CT molecular complexity index is 444. The minimum absolute atomic E-state index is 0.00111. The predicted molar refractivity (Wildman–Crippen MR) is 90.8 cm³/mol. The minimum atomic E-state index is 0.00111. The lowest BCUT2D eigenvalue weighted by atomic mass is 9.65. The first-order valence-corrected chi connectivity index (χ1v) is 8.67. The van der Waals surface area contributed by atoms with Crippen LogP contribution < -0.4 is 5.73 Å². The molecule has 0 aliphatic heterocycles. The lowest BCUT2D eigenvalue weighted by Crippen LogP contribution is -2.47. The smallest absolute Gasteiger partial charge is 0.0195 e. The molecule has 1 fully saturated rings. The average Bonchev–Trinajstić information content (AvgIpc) is 2.39. The highest BCUT2D eigenvalue weighted by molar-refractivity contribution is 9.10. The Hall–Kier alpha value is -0.340. The molecule has 20 heavy (non-hydrogen) atoms. The van der Waals surface area contributed by atoms with E-state index >= 15 is 0 Å². The van der Waals surface area contributed by atoms with Gasteiger partial charge in [0.1, 0.15) is 0 Å². The summed E-state index contributed by atoms with van der Waals surface area (Å²) in [6.07, 6.45) is 7.16. The van der Waals surface area contributed by atoms with Gasteiger partial charge >= 0.3 is 0 Å². The first-order chi connectivity index (χ1) is 9.35. The third kappa shape index (κ3) is 3.85. The second-order valence-electron chi connectivity index (χ2n) is 7.29. The molecule has 2 heteroatoms. The van der Waals surface area contributed by atoms with Crippen molar-refractivity contribution >= 4 is 15.9 Å². The zero-order chi connectivity index (χ0) is 14.8. The Kier molecular flexibility index (Phi) is 4.96.